The third-order valence-electron chi connectivity index (χ3n) is 7.74. The first-order chi connectivity index (χ1) is 21.1. The maximum atomic E-state index is 13.8. The predicted molar refractivity (Wildman–Crippen MR) is 174 cm³/mol. The van der Waals surface area contributed by atoms with Crippen molar-refractivity contribution in [2.75, 3.05) is 46.2 Å². The van der Waals surface area contributed by atoms with Crippen LogP contribution in [-0.4, -0.2) is 97.1 Å². The van der Waals surface area contributed by atoms with Gasteiger partial charge >= 0.3 is 0 Å². The molecule has 3 amide bonds. The van der Waals surface area contributed by atoms with Crippen LogP contribution in [0, 0.1) is 6.92 Å². The van der Waals surface area contributed by atoms with Gasteiger partial charge in [-0.25, -0.2) is 5.01 Å². The van der Waals surface area contributed by atoms with Crippen LogP contribution in [0.5, 0.6) is 5.75 Å². The Morgan fingerprint density at radius 1 is 0.977 bits per heavy atom. The minimum absolute atomic E-state index is 0.128. The van der Waals surface area contributed by atoms with E-state index in [1.54, 1.807) is 41.2 Å². The Bertz CT molecular complexity index is 1350. The molecule has 44 heavy (non-hydrogen) atoms. The number of rotatable bonds is 12. The molecule has 0 bridgehead atoms. The topological polar surface area (TPSA) is 99.7 Å². The lowest BCUT2D eigenvalue weighted by atomic mass is 9.99. The zero-order valence-electron chi connectivity index (χ0n) is 26.7. The van der Waals surface area contributed by atoms with Gasteiger partial charge in [-0.15, -0.1) is 0 Å². The molecule has 3 aromatic rings. The lowest BCUT2D eigenvalue weighted by Gasteiger charge is -2.49. The lowest BCUT2D eigenvalue weighted by Crippen LogP contribution is -2.68. The number of amides is 3. The van der Waals surface area contributed by atoms with Crippen LogP contribution in [-0.2, 0) is 33.9 Å². The second-order valence-corrected chi connectivity index (χ2v) is 11.1. The van der Waals surface area contributed by atoms with Crippen molar-refractivity contribution in [2.45, 2.75) is 45.6 Å². The Kier molecular flexibility index (Phi) is 12.7. The zero-order valence-corrected chi connectivity index (χ0v) is 26.7. The highest BCUT2D eigenvalue weighted by Gasteiger charge is 2.43. The SMILES string of the molecule is CCN(C)N(C=O)C1CN(Cc2cc(C)ccc2N(C)C)C(=O)[C@H](Cc2ccc(O)cc2)N1C=O.CNCc1ccccc1. The second-order valence-electron chi connectivity index (χ2n) is 11.1. The quantitative estimate of drug-likeness (QED) is 0.243. The average molecular weight is 603 g/mol. The van der Waals surface area contributed by atoms with Crippen LogP contribution in [0.1, 0.15) is 29.2 Å². The van der Waals surface area contributed by atoms with Gasteiger partial charge in [-0.1, -0.05) is 67.1 Å². The smallest absolute Gasteiger partial charge is 0.246 e. The monoisotopic (exact) mass is 602 g/mol. The summed E-state index contributed by atoms with van der Waals surface area (Å²) >= 11 is 0. The van der Waals surface area contributed by atoms with Gasteiger partial charge in [-0.2, -0.15) is 0 Å². The molecule has 1 aliphatic heterocycles. The number of nitrogens with one attached hydrogen (secondary N) is 1. The lowest BCUT2D eigenvalue weighted by molar-refractivity contribution is -0.175. The van der Waals surface area contributed by atoms with E-state index in [1.807, 2.05) is 70.2 Å². The standard InChI is InChI=1S/C26H35N5O4.C8H11N/c1-6-28(5)31(18-33)25-16-29(15-21-13-19(2)7-12-23(21)27(3)4)26(35)24(30(25)17-32)14-20-8-10-22(34)11-9-20;1-9-7-8-5-3-2-4-6-8/h7-13,17-18,24-25,34H,6,14-16H2,1-5H3;2-6,9H,7H2,1H3/t24-,25?;/m0./s1. The maximum absolute atomic E-state index is 13.8. The van der Waals surface area contributed by atoms with Crippen LogP contribution in [0.2, 0.25) is 0 Å². The number of carbonyl (C=O) groups is 3. The number of carbonyl (C=O) groups excluding carboxylic acids is 3. The number of phenolic OH excluding ortho intramolecular Hbond substituents is 1. The van der Waals surface area contributed by atoms with Crippen molar-refractivity contribution < 1.29 is 19.5 Å². The van der Waals surface area contributed by atoms with E-state index in [9.17, 15) is 19.5 Å². The number of aryl methyl sites for hydroxylation is 1. The number of hydrogen-bond donors (Lipinski definition) is 2. The van der Waals surface area contributed by atoms with E-state index in [0.717, 1.165) is 28.9 Å². The Hall–Kier alpha value is -4.41. The molecule has 10 heteroatoms. The second kappa shape index (κ2) is 16.4. The molecule has 3 aromatic carbocycles. The molecule has 4 rings (SSSR count). The fraction of sp³-hybridized carbons (Fsp3) is 0.382. The molecule has 1 aliphatic rings. The van der Waals surface area contributed by atoms with E-state index in [0.29, 0.717) is 25.9 Å². The summed E-state index contributed by atoms with van der Waals surface area (Å²) in [6.07, 6.45) is 0.973. The first kappa shape index (κ1) is 34.1. The number of anilines is 1. The van der Waals surface area contributed by atoms with Gasteiger partial charge in [0.2, 0.25) is 18.7 Å². The van der Waals surface area contributed by atoms with Crippen molar-refractivity contribution >= 4 is 24.4 Å². The molecular formula is C34H46N6O4. The molecule has 2 atom stereocenters. The first-order valence-corrected chi connectivity index (χ1v) is 14.8. The minimum atomic E-state index is -0.795. The molecule has 236 valence electrons. The van der Waals surface area contributed by atoms with Gasteiger partial charge in [0.05, 0.1) is 6.54 Å². The number of hydrazine groups is 1. The van der Waals surface area contributed by atoms with Gasteiger partial charge in [0, 0.05) is 52.9 Å². The normalized spacial score (nSPS) is 16.3. The van der Waals surface area contributed by atoms with Gasteiger partial charge in [-0.05, 0) is 48.9 Å². The highest BCUT2D eigenvalue weighted by Crippen LogP contribution is 2.27. The molecule has 0 aromatic heterocycles. The van der Waals surface area contributed by atoms with Crippen molar-refractivity contribution in [1.82, 2.24) is 25.1 Å². The maximum Gasteiger partial charge on any atom is 0.246 e. The van der Waals surface area contributed by atoms with Crippen LogP contribution in [0.25, 0.3) is 0 Å². The van der Waals surface area contributed by atoms with Gasteiger partial charge < -0.3 is 25.1 Å². The molecule has 1 saturated heterocycles. The number of hydrogen-bond acceptors (Lipinski definition) is 7. The predicted octanol–water partition coefficient (Wildman–Crippen LogP) is 3.24. The highest BCUT2D eigenvalue weighted by molar-refractivity contribution is 5.85. The number of phenols is 1. The zero-order chi connectivity index (χ0) is 32.2. The summed E-state index contributed by atoms with van der Waals surface area (Å²) in [5, 5.41) is 15.9. The van der Waals surface area contributed by atoms with E-state index in [1.165, 1.54) is 15.5 Å². The van der Waals surface area contributed by atoms with Gasteiger partial charge in [0.25, 0.3) is 0 Å². The van der Waals surface area contributed by atoms with E-state index in [2.05, 4.69) is 23.5 Å². The fourth-order valence-electron chi connectivity index (χ4n) is 5.31. The van der Waals surface area contributed by atoms with Gasteiger partial charge in [0.1, 0.15) is 18.0 Å². The summed E-state index contributed by atoms with van der Waals surface area (Å²) in [4.78, 5) is 43.4. The fourth-order valence-corrected chi connectivity index (χ4v) is 5.31. The van der Waals surface area contributed by atoms with E-state index < -0.39 is 12.2 Å². The Morgan fingerprint density at radius 3 is 2.23 bits per heavy atom. The Morgan fingerprint density at radius 2 is 1.66 bits per heavy atom. The molecule has 0 aliphatic carbocycles. The molecule has 1 unspecified atom stereocenters. The minimum Gasteiger partial charge on any atom is -0.508 e. The van der Waals surface area contributed by atoms with E-state index in [-0.39, 0.29) is 24.6 Å². The Balaban J connectivity index is 0.000000502. The molecule has 0 radical (unpaired) electrons. The number of benzene rings is 3. The molecule has 0 saturated carbocycles. The molecule has 2 N–H and O–H groups in total. The van der Waals surface area contributed by atoms with Crippen molar-refractivity contribution in [3.05, 3.63) is 95.1 Å². The summed E-state index contributed by atoms with van der Waals surface area (Å²) in [6, 6.07) is 22.3. The van der Waals surface area contributed by atoms with E-state index in [4.69, 9.17) is 0 Å². The van der Waals surface area contributed by atoms with E-state index >= 15 is 0 Å². The summed E-state index contributed by atoms with van der Waals surface area (Å²) in [7, 11) is 7.65. The van der Waals surface area contributed by atoms with Crippen LogP contribution in [0.15, 0.2) is 72.8 Å². The number of aromatic hydroxyl groups is 1. The first-order valence-electron chi connectivity index (χ1n) is 14.8. The molecule has 1 fully saturated rings. The van der Waals surface area contributed by atoms with Crippen LogP contribution in [0.4, 0.5) is 5.69 Å². The highest BCUT2D eigenvalue weighted by atomic mass is 16.3. The van der Waals surface area contributed by atoms with Crippen molar-refractivity contribution in [1.29, 1.82) is 0 Å². The summed E-state index contributed by atoms with van der Waals surface area (Å²) < 4.78 is 0. The van der Waals surface area contributed by atoms with Crippen LogP contribution < -0.4 is 10.2 Å². The molecule has 1 heterocycles. The molecular weight excluding hydrogens is 556 g/mol. The number of nitrogens with zero attached hydrogens (tertiary/aromatic N) is 5. The van der Waals surface area contributed by atoms with Crippen molar-refractivity contribution in [2.24, 2.45) is 0 Å². The third-order valence-corrected chi connectivity index (χ3v) is 7.74. The third kappa shape index (κ3) is 8.81. The number of piperazine rings is 1. The molecule has 0 spiro atoms. The largest absolute Gasteiger partial charge is 0.508 e. The Labute approximate surface area is 261 Å². The van der Waals surface area contributed by atoms with Crippen LogP contribution >= 0.6 is 0 Å². The van der Waals surface area contributed by atoms with Gasteiger partial charge in [-0.3, -0.25) is 19.4 Å². The molecule has 10 nitrogen and oxygen atoms in total. The van der Waals surface area contributed by atoms with Gasteiger partial charge in [0.15, 0.2) is 0 Å². The summed E-state index contributed by atoms with van der Waals surface area (Å²) in [5.41, 5.74) is 5.22. The average Bonchev–Trinajstić information content (AvgIpc) is 3.01. The summed E-state index contributed by atoms with van der Waals surface area (Å²) in [6.45, 7) is 5.98. The van der Waals surface area contributed by atoms with Crippen LogP contribution in [0.3, 0.4) is 0 Å². The van der Waals surface area contributed by atoms with Crippen molar-refractivity contribution in [3.8, 4) is 5.75 Å². The summed E-state index contributed by atoms with van der Waals surface area (Å²) in [5.74, 6) is -0.0551. The van der Waals surface area contributed by atoms with Crippen molar-refractivity contribution in [3.63, 3.8) is 0 Å².